The number of benzene rings is 2. The Labute approximate surface area is 271 Å². The van der Waals surface area contributed by atoms with Crippen molar-refractivity contribution < 1.29 is 14.7 Å². The number of rotatable bonds is 3. The third-order valence-corrected chi connectivity index (χ3v) is 5.73. The van der Waals surface area contributed by atoms with Crippen LogP contribution in [0.5, 0.6) is 0 Å². The van der Waals surface area contributed by atoms with Crippen LogP contribution in [-0.4, -0.2) is 26.8 Å². The predicted octanol–water partition coefficient (Wildman–Crippen LogP) is 8.53. The second-order valence-electron chi connectivity index (χ2n) is 7.88. The molecule has 208 valence electrons. The quantitative estimate of drug-likeness (QED) is 0.130. The summed E-state index contributed by atoms with van der Waals surface area (Å²) in [6.45, 7) is 1.56. The van der Waals surface area contributed by atoms with Gasteiger partial charge in [0.15, 0.2) is 5.78 Å². The fourth-order valence-electron chi connectivity index (χ4n) is 2.75. The van der Waals surface area contributed by atoms with Crippen LogP contribution in [0.2, 0.25) is 10.3 Å². The highest BCUT2D eigenvalue weighted by atomic mass is 79.9. The van der Waals surface area contributed by atoms with Crippen molar-refractivity contribution in [3.63, 3.8) is 0 Å². The zero-order chi connectivity index (χ0) is 30.9. The van der Waals surface area contributed by atoms with Crippen molar-refractivity contribution in [2.24, 2.45) is 0 Å². The van der Waals surface area contributed by atoms with E-state index in [-0.39, 0.29) is 11.3 Å². The largest absolute Gasteiger partial charge is 0.478 e. The van der Waals surface area contributed by atoms with Gasteiger partial charge in [0.25, 0.3) is 0 Å². The topological polar surface area (TPSA) is 80.2 Å². The molecule has 0 unspecified atom stereocenters. The summed E-state index contributed by atoms with van der Waals surface area (Å²) in [6.07, 6.45) is 10.1. The third-order valence-electron chi connectivity index (χ3n) is 4.82. The average molecular weight is 723 g/mol. The van der Waals surface area contributed by atoms with Crippen LogP contribution in [-0.2, 0) is 0 Å². The van der Waals surface area contributed by atoms with Crippen LogP contribution in [0, 0.1) is 36.0 Å². The predicted molar refractivity (Wildman–Crippen MR) is 176 cm³/mol. The molecule has 0 aliphatic carbocycles. The van der Waals surface area contributed by atoms with Gasteiger partial charge in [0.2, 0.25) is 0 Å². The number of pyridine rings is 2. The number of terminal acetylenes is 1. The second-order valence-corrected chi connectivity index (χ2v) is 11.4. The molecule has 0 saturated carbocycles. The number of ketones is 1. The van der Waals surface area contributed by atoms with Crippen LogP contribution < -0.4 is 0 Å². The molecule has 2 aromatic heterocycles. The molecule has 0 spiro atoms. The molecular weight excluding hydrogens is 703 g/mol. The van der Waals surface area contributed by atoms with Crippen molar-refractivity contribution in [3.05, 3.63) is 132 Å². The summed E-state index contributed by atoms with van der Waals surface area (Å²) >= 11 is 17.7. The highest BCUT2D eigenvalue weighted by molar-refractivity contribution is 9.28. The molecule has 0 bridgehead atoms. The molecule has 42 heavy (non-hydrogen) atoms. The van der Waals surface area contributed by atoms with Crippen LogP contribution >= 0.6 is 55.1 Å². The Morgan fingerprint density at radius 2 is 1.24 bits per heavy atom. The first kappa shape index (κ1) is 34.0. The minimum absolute atomic E-state index is 0.0911. The molecule has 0 atom stereocenters. The molecule has 1 N–H and O–H groups in total. The number of carbonyl (C=O) groups is 2. The summed E-state index contributed by atoms with van der Waals surface area (Å²) < 4.78 is 0.885. The summed E-state index contributed by atoms with van der Waals surface area (Å²) in [6, 6.07) is 20.5. The molecule has 0 aliphatic heterocycles. The number of carbonyl (C=O) groups excluding carboxylic acids is 1. The Hall–Kier alpha value is -4.16. The Morgan fingerprint density at radius 3 is 1.67 bits per heavy atom. The van der Waals surface area contributed by atoms with Gasteiger partial charge in [-0.1, -0.05) is 65.2 Å². The van der Waals surface area contributed by atoms with E-state index in [4.69, 9.17) is 34.7 Å². The maximum Gasteiger partial charge on any atom is 0.335 e. The summed E-state index contributed by atoms with van der Waals surface area (Å²) in [7, 11) is 0. The average Bonchev–Trinajstić information content (AvgIpc) is 2.97. The Bertz CT molecular complexity index is 1700. The van der Waals surface area contributed by atoms with Gasteiger partial charge < -0.3 is 5.11 Å². The van der Waals surface area contributed by atoms with Crippen LogP contribution in [0.4, 0.5) is 0 Å². The Morgan fingerprint density at radius 1 is 0.762 bits per heavy atom. The van der Waals surface area contributed by atoms with Gasteiger partial charge in [0.1, 0.15) is 10.3 Å². The number of carboxylic acids is 1. The SMILES string of the molecule is C#Cc1ccc(Cl)nc1.CC(=O)c1ccc(C=C(Br)Br)cc1.O=C(O)c1ccc(C#CC#Cc2ccc(Cl)nc2)cc1. The molecule has 0 amide bonds. The monoisotopic (exact) mass is 720 g/mol. The summed E-state index contributed by atoms with van der Waals surface area (Å²) in [5.41, 5.74) is 4.20. The lowest BCUT2D eigenvalue weighted by Gasteiger charge is -1.96. The first-order valence-corrected chi connectivity index (χ1v) is 14.1. The summed E-state index contributed by atoms with van der Waals surface area (Å²) in [5.74, 6) is 12.6. The molecule has 9 heteroatoms. The smallest absolute Gasteiger partial charge is 0.335 e. The molecule has 0 radical (unpaired) electrons. The minimum Gasteiger partial charge on any atom is -0.478 e. The molecular formula is C33H20Br2Cl2N2O3. The highest BCUT2D eigenvalue weighted by Gasteiger charge is 2.00. The fourth-order valence-corrected chi connectivity index (χ4v) is 3.51. The van der Waals surface area contributed by atoms with Gasteiger partial charge in [-0.25, -0.2) is 14.8 Å². The van der Waals surface area contributed by atoms with Crippen LogP contribution in [0.3, 0.4) is 0 Å². The highest BCUT2D eigenvalue weighted by Crippen LogP contribution is 2.18. The lowest BCUT2D eigenvalue weighted by molar-refractivity contribution is 0.0696. The lowest BCUT2D eigenvalue weighted by Crippen LogP contribution is -1.94. The Kier molecular flexibility index (Phi) is 14.8. The van der Waals surface area contributed by atoms with Crippen LogP contribution in [0.1, 0.15) is 49.9 Å². The van der Waals surface area contributed by atoms with Crippen molar-refractivity contribution in [3.8, 4) is 36.0 Å². The number of Topliss-reactive ketones (excluding diaryl/α,β-unsaturated/α-hetero) is 1. The first-order chi connectivity index (χ1) is 20.1. The van der Waals surface area contributed by atoms with E-state index in [9.17, 15) is 9.59 Å². The van der Waals surface area contributed by atoms with Gasteiger partial charge >= 0.3 is 5.97 Å². The van der Waals surface area contributed by atoms with E-state index in [0.717, 1.165) is 25.6 Å². The molecule has 5 nitrogen and oxygen atoms in total. The van der Waals surface area contributed by atoms with E-state index < -0.39 is 5.97 Å². The number of aromatic carboxylic acids is 1. The number of halogens is 4. The summed E-state index contributed by atoms with van der Waals surface area (Å²) in [5, 5.41) is 9.65. The molecule has 4 aromatic rings. The van der Waals surface area contributed by atoms with E-state index in [2.05, 4.69) is 71.4 Å². The number of aromatic nitrogens is 2. The number of hydrogen-bond donors (Lipinski definition) is 1. The van der Waals surface area contributed by atoms with Gasteiger partial charge in [-0.3, -0.25) is 4.79 Å². The van der Waals surface area contributed by atoms with Crippen molar-refractivity contribution in [1.29, 1.82) is 0 Å². The number of carboxylic acid groups (broad SMARTS) is 1. The van der Waals surface area contributed by atoms with E-state index in [1.54, 1.807) is 55.7 Å². The molecule has 2 aromatic carbocycles. The third kappa shape index (κ3) is 13.5. The normalized spacial score (nSPS) is 8.95. The van der Waals surface area contributed by atoms with Gasteiger partial charge in [-0.15, -0.1) is 6.42 Å². The second kappa shape index (κ2) is 18.3. The van der Waals surface area contributed by atoms with Crippen molar-refractivity contribution in [2.45, 2.75) is 6.92 Å². The number of hydrogen-bond acceptors (Lipinski definition) is 4. The molecule has 4 rings (SSSR count). The Balaban J connectivity index is 0.000000240. The van der Waals surface area contributed by atoms with E-state index in [1.807, 2.05) is 30.3 Å². The zero-order valence-electron chi connectivity index (χ0n) is 21.9. The van der Waals surface area contributed by atoms with Crippen molar-refractivity contribution in [1.82, 2.24) is 9.97 Å². The van der Waals surface area contributed by atoms with Crippen LogP contribution in [0.15, 0.2) is 88.6 Å². The standard InChI is InChI=1S/C16H8ClNO2.C10H8Br2O.C7H4ClN/c17-15-10-7-13(11-18-15)4-2-1-3-12-5-8-14(9-6-12)16(19)20;1-7(13)9-4-2-8(3-5-9)6-10(11)12;1-2-6-3-4-7(8)9-5-6/h5-11H,(H,19,20);2-6H,1H3;1,3-5H. The van der Waals surface area contributed by atoms with E-state index in [0.29, 0.717) is 15.9 Å². The van der Waals surface area contributed by atoms with Gasteiger partial charge in [0, 0.05) is 34.6 Å². The van der Waals surface area contributed by atoms with Crippen molar-refractivity contribution >= 4 is 72.9 Å². The maximum absolute atomic E-state index is 10.9. The van der Waals surface area contributed by atoms with Gasteiger partial charge in [-0.2, -0.15) is 0 Å². The van der Waals surface area contributed by atoms with E-state index >= 15 is 0 Å². The molecule has 2 heterocycles. The lowest BCUT2D eigenvalue weighted by atomic mass is 10.1. The molecule has 0 aliphatic rings. The van der Waals surface area contributed by atoms with Gasteiger partial charge in [-0.05, 0) is 111 Å². The van der Waals surface area contributed by atoms with Crippen molar-refractivity contribution in [2.75, 3.05) is 0 Å². The maximum atomic E-state index is 10.9. The number of nitrogens with zero attached hydrogens (tertiary/aromatic N) is 2. The zero-order valence-corrected chi connectivity index (χ0v) is 26.6. The molecule has 0 saturated heterocycles. The van der Waals surface area contributed by atoms with E-state index in [1.165, 1.54) is 12.1 Å². The van der Waals surface area contributed by atoms with Crippen LogP contribution in [0.25, 0.3) is 6.08 Å². The first-order valence-electron chi connectivity index (χ1n) is 11.8. The minimum atomic E-state index is -0.959. The summed E-state index contributed by atoms with van der Waals surface area (Å²) in [4.78, 5) is 29.3. The van der Waals surface area contributed by atoms with Gasteiger partial charge in [0.05, 0.1) is 8.96 Å². The fraction of sp³-hybridized carbons (Fsp3) is 0.0303. The molecule has 0 fully saturated rings.